The van der Waals surface area contributed by atoms with Gasteiger partial charge in [-0.3, -0.25) is 4.79 Å². The predicted molar refractivity (Wildman–Crippen MR) is 59.0 cm³/mol. The molecule has 0 saturated heterocycles. The standard InChI is InChI=1S/C10H23N3O/c1-8(2)9(3)13-10(14)7-12-6-4-5-11/h8-9,12H,4-7,11H2,1-3H3,(H,13,14). The molecule has 0 aliphatic rings. The molecule has 84 valence electrons. The molecule has 0 bridgehead atoms. The molecule has 0 aromatic rings. The number of carbonyl (C=O) groups excluding carboxylic acids is 1. The lowest BCUT2D eigenvalue weighted by atomic mass is 10.1. The van der Waals surface area contributed by atoms with Crippen LogP contribution in [0, 0.1) is 5.92 Å². The number of rotatable bonds is 7. The van der Waals surface area contributed by atoms with Gasteiger partial charge in [-0.25, -0.2) is 0 Å². The zero-order chi connectivity index (χ0) is 11.0. The monoisotopic (exact) mass is 201 g/mol. The Morgan fingerprint density at radius 2 is 2.00 bits per heavy atom. The fourth-order valence-electron chi connectivity index (χ4n) is 0.901. The van der Waals surface area contributed by atoms with E-state index in [1.807, 2.05) is 6.92 Å². The van der Waals surface area contributed by atoms with Crippen LogP contribution in [0.4, 0.5) is 0 Å². The molecule has 0 rings (SSSR count). The molecule has 0 aliphatic carbocycles. The molecule has 0 aliphatic heterocycles. The van der Waals surface area contributed by atoms with Gasteiger partial charge < -0.3 is 16.4 Å². The number of nitrogens with one attached hydrogen (secondary N) is 2. The van der Waals surface area contributed by atoms with Crippen LogP contribution < -0.4 is 16.4 Å². The van der Waals surface area contributed by atoms with Crippen molar-refractivity contribution >= 4 is 5.91 Å². The minimum atomic E-state index is 0.0585. The second-order valence-corrected chi connectivity index (χ2v) is 3.92. The van der Waals surface area contributed by atoms with Crippen molar-refractivity contribution in [3.8, 4) is 0 Å². The average molecular weight is 201 g/mol. The summed E-state index contributed by atoms with van der Waals surface area (Å²) in [7, 11) is 0. The summed E-state index contributed by atoms with van der Waals surface area (Å²) in [5.41, 5.74) is 5.33. The van der Waals surface area contributed by atoms with Gasteiger partial charge in [0.1, 0.15) is 0 Å². The first kappa shape index (κ1) is 13.4. The molecule has 0 aromatic carbocycles. The normalized spacial score (nSPS) is 12.9. The van der Waals surface area contributed by atoms with E-state index in [4.69, 9.17) is 5.73 Å². The summed E-state index contributed by atoms with van der Waals surface area (Å²) in [4.78, 5) is 11.3. The van der Waals surface area contributed by atoms with Crippen LogP contribution in [0.15, 0.2) is 0 Å². The summed E-state index contributed by atoms with van der Waals surface area (Å²) in [6.07, 6.45) is 0.910. The number of nitrogens with two attached hydrogens (primary N) is 1. The fraction of sp³-hybridized carbons (Fsp3) is 0.900. The number of amides is 1. The zero-order valence-corrected chi connectivity index (χ0v) is 9.47. The van der Waals surface area contributed by atoms with Crippen molar-refractivity contribution in [1.29, 1.82) is 0 Å². The van der Waals surface area contributed by atoms with Crippen LogP contribution in [0.2, 0.25) is 0 Å². The molecule has 1 amide bonds. The maximum Gasteiger partial charge on any atom is 0.234 e. The SMILES string of the molecule is CC(C)C(C)NC(=O)CNCCCN. The molecule has 0 heterocycles. The van der Waals surface area contributed by atoms with E-state index in [9.17, 15) is 4.79 Å². The van der Waals surface area contributed by atoms with Crippen molar-refractivity contribution in [2.75, 3.05) is 19.6 Å². The second kappa shape index (κ2) is 7.76. The molecule has 0 fully saturated rings. The molecule has 4 nitrogen and oxygen atoms in total. The molecular formula is C10H23N3O. The van der Waals surface area contributed by atoms with E-state index in [-0.39, 0.29) is 11.9 Å². The van der Waals surface area contributed by atoms with Crippen LogP contribution in [0.25, 0.3) is 0 Å². The first-order valence-electron chi connectivity index (χ1n) is 5.28. The van der Waals surface area contributed by atoms with Gasteiger partial charge in [0, 0.05) is 6.04 Å². The van der Waals surface area contributed by atoms with Crippen LogP contribution in [-0.2, 0) is 4.79 Å². The summed E-state index contributed by atoms with van der Waals surface area (Å²) in [5, 5.41) is 5.96. The average Bonchev–Trinajstić information content (AvgIpc) is 2.12. The molecule has 4 heteroatoms. The van der Waals surface area contributed by atoms with Gasteiger partial charge in [0.25, 0.3) is 0 Å². The van der Waals surface area contributed by atoms with E-state index >= 15 is 0 Å². The van der Waals surface area contributed by atoms with Gasteiger partial charge >= 0.3 is 0 Å². The fourth-order valence-corrected chi connectivity index (χ4v) is 0.901. The lowest BCUT2D eigenvalue weighted by molar-refractivity contribution is -0.121. The van der Waals surface area contributed by atoms with Gasteiger partial charge in [-0.2, -0.15) is 0 Å². The molecule has 14 heavy (non-hydrogen) atoms. The number of hydrogen-bond acceptors (Lipinski definition) is 3. The highest BCUT2D eigenvalue weighted by atomic mass is 16.1. The molecule has 4 N–H and O–H groups in total. The minimum Gasteiger partial charge on any atom is -0.352 e. The van der Waals surface area contributed by atoms with E-state index in [1.165, 1.54) is 0 Å². The van der Waals surface area contributed by atoms with Gasteiger partial charge in [-0.05, 0) is 32.4 Å². The molecule has 1 atom stereocenters. The molecule has 0 saturated carbocycles. The lowest BCUT2D eigenvalue weighted by Gasteiger charge is -2.17. The van der Waals surface area contributed by atoms with Crippen LogP contribution in [0.5, 0.6) is 0 Å². The highest BCUT2D eigenvalue weighted by Gasteiger charge is 2.09. The summed E-state index contributed by atoms with van der Waals surface area (Å²) in [6.45, 7) is 8.05. The Labute approximate surface area is 86.6 Å². The Bertz CT molecular complexity index is 159. The maximum absolute atomic E-state index is 11.3. The third-order valence-corrected chi connectivity index (χ3v) is 2.23. The first-order chi connectivity index (χ1) is 6.57. The second-order valence-electron chi connectivity index (χ2n) is 3.92. The quantitative estimate of drug-likeness (QED) is 0.511. The maximum atomic E-state index is 11.3. The van der Waals surface area contributed by atoms with E-state index < -0.39 is 0 Å². The molecule has 0 aromatic heterocycles. The highest BCUT2D eigenvalue weighted by Crippen LogP contribution is 1.98. The Balaban J connectivity index is 3.45. The summed E-state index contributed by atoms with van der Waals surface area (Å²) < 4.78 is 0. The third-order valence-electron chi connectivity index (χ3n) is 2.23. The molecular weight excluding hydrogens is 178 g/mol. The number of carbonyl (C=O) groups is 1. The van der Waals surface area contributed by atoms with E-state index in [0.717, 1.165) is 13.0 Å². The van der Waals surface area contributed by atoms with E-state index in [1.54, 1.807) is 0 Å². The van der Waals surface area contributed by atoms with Crippen molar-refractivity contribution in [3.63, 3.8) is 0 Å². The lowest BCUT2D eigenvalue weighted by Crippen LogP contribution is -2.41. The van der Waals surface area contributed by atoms with Crippen molar-refractivity contribution in [1.82, 2.24) is 10.6 Å². The highest BCUT2D eigenvalue weighted by molar-refractivity contribution is 5.78. The molecule has 1 unspecified atom stereocenters. The van der Waals surface area contributed by atoms with Crippen molar-refractivity contribution in [2.45, 2.75) is 33.2 Å². The molecule has 0 spiro atoms. The third kappa shape index (κ3) is 6.86. The van der Waals surface area contributed by atoms with Gasteiger partial charge in [0.15, 0.2) is 0 Å². The van der Waals surface area contributed by atoms with Crippen molar-refractivity contribution in [2.24, 2.45) is 11.7 Å². The van der Waals surface area contributed by atoms with Crippen molar-refractivity contribution < 1.29 is 4.79 Å². The molecule has 0 radical (unpaired) electrons. The van der Waals surface area contributed by atoms with Crippen molar-refractivity contribution in [3.05, 3.63) is 0 Å². The van der Waals surface area contributed by atoms with Crippen LogP contribution in [0.1, 0.15) is 27.2 Å². The minimum absolute atomic E-state index is 0.0585. The Kier molecular flexibility index (Phi) is 7.42. The topological polar surface area (TPSA) is 67.2 Å². The summed E-state index contributed by atoms with van der Waals surface area (Å²) >= 11 is 0. The van der Waals surface area contributed by atoms with Crippen LogP contribution in [-0.4, -0.2) is 31.6 Å². The van der Waals surface area contributed by atoms with Gasteiger partial charge in [-0.15, -0.1) is 0 Å². The largest absolute Gasteiger partial charge is 0.352 e. The summed E-state index contributed by atoms with van der Waals surface area (Å²) in [6, 6.07) is 0.235. The summed E-state index contributed by atoms with van der Waals surface area (Å²) in [5.74, 6) is 0.534. The van der Waals surface area contributed by atoms with Crippen LogP contribution in [0.3, 0.4) is 0 Å². The van der Waals surface area contributed by atoms with Crippen LogP contribution >= 0.6 is 0 Å². The zero-order valence-electron chi connectivity index (χ0n) is 9.47. The predicted octanol–water partition coefficient (Wildman–Crippen LogP) is 0.0855. The first-order valence-corrected chi connectivity index (χ1v) is 5.28. The van der Waals surface area contributed by atoms with Gasteiger partial charge in [0.2, 0.25) is 5.91 Å². The smallest absolute Gasteiger partial charge is 0.234 e. The van der Waals surface area contributed by atoms with E-state index in [2.05, 4.69) is 24.5 Å². The van der Waals surface area contributed by atoms with Gasteiger partial charge in [0.05, 0.1) is 6.54 Å². The van der Waals surface area contributed by atoms with E-state index in [0.29, 0.717) is 19.0 Å². The number of hydrogen-bond donors (Lipinski definition) is 3. The Hall–Kier alpha value is -0.610. The Morgan fingerprint density at radius 1 is 1.36 bits per heavy atom. The van der Waals surface area contributed by atoms with Gasteiger partial charge in [-0.1, -0.05) is 13.8 Å². The Morgan fingerprint density at radius 3 is 2.50 bits per heavy atom.